The maximum atomic E-state index is 13.4. The van der Waals surface area contributed by atoms with Gasteiger partial charge in [-0.1, -0.05) is 43.0 Å². The lowest BCUT2D eigenvalue weighted by atomic mass is 10.1. The Bertz CT molecular complexity index is 1420. The summed E-state index contributed by atoms with van der Waals surface area (Å²) in [5.41, 5.74) is 2.69. The van der Waals surface area contributed by atoms with E-state index < -0.39 is 4.92 Å². The first-order valence-corrected chi connectivity index (χ1v) is 11.6. The fourth-order valence-electron chi connectivity index (χ4n) is 3.48. The number of thioether (sulfide) groups is 1. The molecule has 34 heavy (non-hydrogen) atoms. The van der Waals surface area contributed by atoms with Crippen LogP contribution in [0.15, 0.2) is 82.7 Å². The second-order valence-electron chi connectivity index (χ2n) is 7.59. The molecule has 0 atom stereocenters. The highest BCUT2D eigenvalue weighted by Gasteiger charge is 2.17. The fourth-order valence-corrected chi connectivity index (χ4v) is 4.41. The van der Waals surface area contributed by atoms with Crippen LogP contribution in [0.4, 0.5) is 11.4 Å². The Balaban J connectivity index is 1.64. The Morgan fingerprint density at radius 1 is 1.06 bits per heavy atom. The van der Waals surface area contributed by atoms with Crippen LogP contribution in [0, 0.1) is 10.1 Å². The topological polar surface area (TPSA) is 98.3 Å². The van der Waals surface area contributed by atoms with Crippen molar-refractivity contribution in [3.05, 3.63) is 98.8 Å². The van der Waals surface area contributed by atoms with Crippen molar-refractivity contribution in [2.45, 2.75) is 18.5 Å². The van der Waals surface area contributed by atoms with Crippen molar-refractivity contribution in [2.75, 3.05) is 17.7 Å². The quantitative estimate of drug-likeness (QED) is 0.168. The highest BCUT2D eigenvalue weighted by atomic mass is 32.2. The molecule has 0 unspecified atom stereocenters. The number of nitrogens with zero attached hydrogens (tertiary/aromatic N) is 4. The van der Waals surface area contributed by atoms with Crippen LogP contribution in [0.1, 0.15) is 12.5 Å². The molecule has 9 heteroatoms. The molecule has 0 aliphatic heterocycles. The number of nitro groups is 1. The van der Waals surface area contributed by atoms with Crippen molar-refractivity contribution in [1.29, 1.82) is 0 Å². The second kappa shape index (κ2) is 9.88. The zero-order valence-electron chi connectivity index (χ0n) is 18.7. The maximum Gasteiger partial charge on any atom is 0.269 e. The van der Waals surface area contributed by atoms with Gasteiger partial charge in [0.15, 0.2) is 5.16 Å². The molecule has 0 saturated carbocycles. The van der Waals surface area contributed by atoms with E-state index in [2.05, 4.69) is 11.9 Å². The average molecular weight is 475 g/mol. The van der Waals surface area contributed by atoms with Gasteiger partial charge < -0.3 is 4.90 Å². The van der Waals surface area contributed by atoms with Gasteiger partial charge in [0.1, 0.15) is 0 Å². The maximum absolute atomic E-state index is 13.4. The van der Waals surface area contributed by atoms with E-state index in [4.69, 9.17) is 0 Å². The third-order valence-corrected chi connectivity index (χ3v) is 6.42. The van der Waals surface area contributed by atoms with Crippen LogP contribution in [0.2, 0.25) is 0 Å². The number of anilines is 1. The molecule has 1 aromatic heterocycles. The summed E-state index contributed by atoms with van der Waals surface area (Å²) in [6.07, 6.45) is 0.885. The van der Waals surface area contributed by atoms with Crippen LogP contribution in [0.25, 0.3) is 16.6 Å². The van der Waals surface area contributed by atoms with Crippen molar-refractivity contribution in [3.63, 3.8) is 0 Å². The number of benzene rings is 3. The number of aromatic nitrogens is 2. The summed E-state index contributed by atoms with van der Waals surface area (Å²) in [5.74, 6) is -0.195. The number of hydrogen-bond donors (Lipinski definition) is 0. The Morgan fingerprint density at radius 3 is 2.38 bits per heavy atom. The van der Waals surface area contributed by atoms with E-state index in [0.29, 0.717) is 27.4 Å². The molecular weight excluding hydrogens is 452 g/mol. The summed E-state index contributed by atoms with van der Waals surface area (Å²) < 4.78 is 1.53. The lowest BCUT2D eigenvalue weighted by molar-refractivity contribution is -0.384. The zero-order valence-corrected chi connectivity index (χ0v) is 19.5. The van der Waals surface area contributed by atoms with Crippen LogP contribution < -0.4 is 10.5 Å². The summed E-state index contributed by atoms with van der Waals surface area (Å²) in [5, 5.41) is 11.8. The fraction of sp³-hybridized carbons (Fsp3) is 0.160. The van der Waals surface area contributed by atoms with Crippen LogP contribution in [0.5, 0.6) is 0 Å². The van der Waals surface area contributed by atoms with Gasteiger partial charge in [-0.3, -0.25) is 24.3 Å². The monoisotopic (exact) mass is 474 g/mol. The minimum Gasteiger partial charge on any atom is -0.315 e. The standard InChI is InChI=1S/C25H22N4O4S/c1-3-17-8-10-19(11-9-17)28-24(31)21-6-4-5-7-22(21)26-25(28)34-16-23(30)27(2)18-12-14-20(15-13-18)29(32)33/h4-15H,3,16H2,1-2H3. The highest BCUT2D eigenvalue weighted by molar-refractivity contribution is 7.99. The number of aryl methyl sites for hydroxylation is 1. The molecule has 4 aromatic rings. The number of hydrogen-bond acceptors (Lipinski definition) is 6. The molecule has 0 aliphatic carbocycles. The third-order valence-electron chi connectivity index (χ3n) is 5.49. The van der Waals surface area contributed by atoms with Gasteiger partial charge in [0, 0.05) is 24.9 Å². The molecule has 0 fully saturated rings. The molecule has 0 spiro atoms. The van der Waals surface area contributed by atoms with E-state index in [1.807, 2.05) is 30.3 Å². The number of non-ortho nitro benzene ring substituents is 1. The molecule has 1 amide bonds. The van der Waals surface area contributed by atoms with E-state index in [-0.39, 0.29) is 22.9 Å². The Morgan fingerprint density at radius 2 is 1.74 bits per heavy atom. The predicted molar refractivity (Wildman–Crippen MR) is 134 cm³/mol. The lowest BCUT2D eigenvalue weighted by Crippen LogP contribution is -2.28. The van der Waals surface area contributed by atoms with Gasteiger partial charge in [-0.15, -0.1) is 0 Å². The smallest absolute Gasteiger partial charge is 0.269 e. The molecule has 0 N–H and O–H groups in total. The number of fused-ring (bicyclic) bond motifs is 1. The first-order valence-electron chi connectivity index (χ1n) is 10.6. The van der Waals surface area contributed by atoms with Crippen LogP contribution >= 0.6 is 11.8 Å². The molecule has 4 rings (SSSR count). The number of nitro benzene ring substituents is 1. The van der Waals surface area contributed by atoms with Crippen LogP contribution in [-0.4, -0.2) is 33.2 Å². The molecule has 0 saturated heterocycles. The van der Waals surface area contributed by atoms with Gasteiger partial charge >= 0.3 is 0 Å². The molecule has 3 aromatic carbocycles. The van der Waals surface area contributed by atoms with Crippen LogP contribution in [0.3, 0.4) is 0 Å². The van der Waals surface area contributed by atoms with E-state index in [0.717, 1.165) is 12.0 Å². The molecule has 0 radical (unpaired) electrons. The molecule has 0 bridgehead atoms. The predicted octanol–water partition coefficient (Wildman–Crippen LogP) is 4.61. The molecule has 8 nitrogen and oxygen atoms in total. The van der Waals surface area contributed by atoms with Crippen LogP contribution in [-0.2, 0) is 11.2 Å². The number of rotatable bonds is 7. The van der Waals surface area contributed by atoms with E-state index in [1.165, 1.54) is 45.5 Å². The van der Waals surface area contributed by atoms with Gasteiger partial charge in [0.05, 0.1) is 27.3 Å². The van der Waals surface area contributed by atoms with Crippen molar-refractivity contribution in [3.8, 4) is 5.69 Å². The Hall–Kier alpha value is -3.98. The van der Waals surface area contributed by atoms with Crippen molar-refractivity contribution < 1.29 is 9.72 Å². The van der Waals surface area contributed by atoms with E-state index in [1.54, 1.807) is 25.2 Å². The number of amides is 1. The van der Waals surface area contributed by atoms with Crippen molar-refractivity contribution in [2.24, 2.45) is 0 Å². The number of carbonyl (C=O) groups excluding carboxylic acids is 1. The highest BCUT2D eigenvalue weighted by Crippen LogP contribution is 2.24. The first kappa shape index (κ1) is 23.2. The third kappa shape index (κ3) is 4.69. The van der Waals surface area contributed by atoms with Gasteiger partial charge in [0.25, 0.3) is 11.2 Å². The molecular formula is C25H22N4O4S. The molecule has 172 valence electrons. The van der Waals surface area contributed by atoms with Gasteiger partial charge in [-0.25, -0.2) is 4.98 Å². The largest absolute Gasteiger partial charge is 0.315 e. The summed E-state index contributed by atoms with van der Waals surface area (Å²) >= 11 is 1.17. The Labute approximate surface area is 200 Å². The van der Waals surface area contributed by atoms with Gasteiger partial charge in [-0.2, -0.15) is 0 Å². The number of para-hydroxylation sites is 1. The summed E-state index contributed by atoms with van der Waals surface area (Å²) in [6.45, 7) is 2.06. The van der Waals surface area contributed by atoms with E-state index in [9.17, 15) is 19.7 Å². The molecule has 1 heterocycles. The summed E-state index contributed by atoms with van der Waals surface area (Å²) in [4.78, 5) is 42.7. The van der Waals surface area contributed by atoms with Crippen molar-refractivity contribution in [1.82, 2.24) is 9.55 Å². The van der Waals surface area contributed by atoms with Gasteiger partial charge in [-0.05, 0) is 48.4 Å². The summed E-state index contributed by atoms with van der Waals surface area (Å²) in [6, 6.07) is 20.6. The lowest BCUT2D eigenvalue weighted by Gasteiger charge is -2.18. The minimum atomic E-state index is -0.487. The minimum absolute atomic E-state index is 0.0330. The van der Waals surface area contributed by atoms with E-state index >= 15 is 0 Å². The zero-order chi connectivity index (χ0) is 24.2. The second-order valence-corrected chi connectivity index (χ2v) is 8.53. The normalized spacial score (nSPS) is 10.9. The Kier molecular flexibility index (Phi) is 6.74. The van der Waals surface area contributed by atoms with Crippen molar-refractivity contribution >= 4 is 39.9 Å². The average Bonchev–Trinajstić information content (AvgIpc) is 2.87. The SMILES string of the molecule is CCc1ccc(-n2c(SCC(=O)N(C)c3ccc([N+](=O)[O-])cc3)nc3ccccc3c2=O)cc1. The first-order chi connectivity index (χ1) is 16.4. The van der Waals surface area contributed by atoms with Gasteiger partial charge in [0.2, 0.25) is 5.91 Å². The summed E-state index contributed by atoms with van der Waals surface area (Å²) in [7, 11) is 1.61. The number of carbonyl (C=O) groups is 1. The molecule has 0 aliphatic rings.